The highest BCUT2D eigenvalue weighted by atomic mass is 79.9. The Morgan fingerprint density at radius 2 is 2.54 bits per heavy atom. The smallest absolute Gasteiger partial charge is 0.265 e. The zero-order valence-electron chi connectivity index (χ0n) is 6.92. The molecule has 13 heavy (non-hydrogen) atoms. The highest BCUT2D eigenvalue weighted by Gasteiger charge is 2.19. The molecule has 0 radical (unpaired) electrons. The van der Waals surface area contributed by atoms with Crippen molar-refractivity contribution in [2.75, 3.05) is 13.2 Å². The molecule has 2 rings (SSSR count). The fraction of sp³-hybridized carbons (Fsp3) is 0.500. The first kappa shape index (κ1) is 8.90. The van der Waals surface area contributed by atoms with Crippen molar-refractivity contribution < 1.29 is 4.74 Å². The molecule has 0 amide bonds. The third-order valence-electron chi connectivity index (χ3n) is 2.09. The molecule has 1 aromatic heterocycles. The summed E-state index contributed by atoms with van der Waals surface area (Å²) in [5.41, 5.74) is -0.128. The molecular weight excluding hydrogens is 236 g/mol. The molecule has 0 aromatic carbocycles. The second kappa shape index (κ2) is 3.59. The number of hydrogen-bond acceptors (Lipinski definition) is 3. The first-order valence-corrected chi connectivity index (χ1v) is 4.89. The molecule has 1 aliphatic rings. The second-order valence-electron chi connectivity index (χ2n) is 3.01. The summed E-state index contributed by atoms with van der Waals surface area (Å²) < 4.78 is 5.68. The Morgan fingerprint density at radius 1 is 1.69 bits per heavy atom. The highest BCUT2D eigenvalue weighted by Crippen LogP contribution is 2.21. The largest absolute Gasteiger partial charge is 0.381 e. The van der Waals surface area contributed by atoms with Crippen molar-refractivity contribution in [2.45, 2.75) is 12.3 Å². The number of nitrogens with zero attached hydrogens (tertiary/aromatic N) is 1. The molecule has 0 saturated carbocycles. The van der Waals surface area contributed by atoms with Gasteiger partial charge in [-0.3, -0.25) is 4.79 Å². The van der Waals surface area contributed by atoms with Crippen LogP contribution in [0.25, 0.3) is 0 Å². The fourth-order valence-electron chi connectivity index (χ4n) is 1.35. The maximum Gasteiger partial charge on any atom is 0.265 e. The lowest BCUT2D eigenvalue weighted by Crippen LogP contribution is -2.14. The summed E-state index contributed by atoms with van der Waals surface area (Å²) in [5.74, 6) is 0.978. The number of nitrogens with one attached hydrogen (secondary N) is 1. The average Bonchev–Trinajstić information content (AvgIpc) is 2.62. The Bertz CT molecular complexity index is 357. The van der Waals surface area contributed by atoms with Gasteiger partial charge in [0.2, 0.25) is 0 Å². The van der Waals surface area contributed by atoms with Crippen LogP contribution in [-0.2, 0) is 4.74 Å². The Kier molecular flexibility index (Phi) is 2.46. The molecule has 0 spiro atoms. The van der Waals surface area contributed by atoms with Gasteiger partial charge in [0.05, 0.1) is 6.61 Å². The second-order valence-corrected chi connectivity index (χ2v) is 3.86. The van der Waals surface area contributed by atoms with E-state index in [2.05, 4.69) is 25.9 Å². The van der Waals surface area contributed by atoms with Gasteiger partial charge in [-0.25, -0.2) is 4.98 Å². The molecule has 2 heterocycles. The Balaban J connectivity index is 2.30. The van der Waals surface area contributed by atoms with Crippen LogP contribution in [0.5, 0.6) is 0 Å². The molecule has 1 unspecified atom stereocenters. The number of aromatic nitrogens is 2. The van der Waals surface area contributed by atoms with E-state index in [4.69, 9.17) is 4.74 Å². The lowest BCUT2D eigenvalue weighted by atomic mass is 10.1. The van der Waals surface area contributed by atoms with E-state index in [-0.39, 0.29) is 11.5 Å². The van der Waals surface area contributed by atoms with Crippen LogP contribution < -0.4 is 5.56 Å². The Labute approximate surface area is 83.5 Å². The van der Waals surface area contributed by atoms with Crippen LogP contribution in [0, 0.1) is 0 Å². The highest BCUT2D eigenvalue weighted by molar-refractivity contribution is 9.10. The minimum atomic E-state index is -0.128. The van der Waals surface area contributed by atoms with E-state index in [0.29, 0.717) is 11.1 Å². The van der Waals surface area contributed by atoms with Crippen molar-refractivity contribution in [3.05, 3.63) is 26.8 Å². The van der Waals surface area contributed by atoms with Gasteiger partial charge in [0.1, 0.15) is 10.3 Å². The van der Waals surface area contributed by atoms with Crippen molar-refractivity contribution in [3.8, 4) is 0 Å². The molecule has 70 valence electrons. The maximum atomic E-state index is 11.2. The van der Waals surface area contributed by atoms with Crippen molar-refractivity contribution in [2.24, 2.45) is 0 Å². The number of aromatic amines is 1. The van der Waals surface area contributed by atoms with E-state index in [1.54, 1.807) is 0 Å². The van der Waals surface area contributed by atoms with Gasteiger partial charge >= 0.3 is 0 Å². The average molecular weight is 245 g/mol. The maximum absolute atomic E-state index is 11.2. The van der Waals surface area contributed by atoms with Gasteiger partial charge in [-0.15, -0.1) is 0 Å². The van der Waals surface area contributed by atoms with Crippen LogP contribution in [0.2, 0.25) is 0 Å². The van der Waals surface area contributed by atoms with Crippen LogP contribution in [0.4, 0.5) is 0 Å². The number of ether oxygens (including phenoxy) is 1. The fourth-order valence-corrected chi connectivity index (χ4v) is 1.55. The van der Waals surface area contributed by atoms with Gasteiger partial charge in [-0.05, 0) is 22.4 Å². The summed E-state index contributed by atoms with van der Waals surface area (Å²) in [5, 5.41) is 0. The minimum absolute atomic E-state index is 0.128. The van der Waals surface area contributed by atoms with Gasteiger partial charge in [-0.2, -0.15) is 0 Å². The van der Waals surface area contributed by atoms with E-state index < -0.39 is 0 Å². The van der Waals surface area contributed by atoms with Gasteiger partial charge in [0, 0.05) is 18.7 Å². The Morgan fingerprint density at radius 3 is 3.15 bits per heavy atom. The van der Waals surface area contributed by atoms with Crippen molar-refractivity contribution >= 4 is 15.9 Å². The molecule has 1 N–H and O–H groups in total. The van der Waals surface area contributed by atoms with Gasteiger partial charge < -0.3 is 9.72 Å². The molecule has 0 aliphatic carbocycles. The normalized spacial score (nSPS) is 22.1. The summed E-state index contributed by atoms with van der Waals surface area (Å²) in [6.07, 6.45) is 2.47. The standard InChI is InChI=1S/C8H9BrN2O2/c9-6-3-10-7(11-8(6)12)5-1-2-13-4-5/h3,5H,1-2,4H2,(H,10,11,12). The lowest BCUT2D eigenvalue weighted by Gasteiger charge is -2.05. The van der Waals surface area contributed by atoms with Gasteiger partial charge in [0.25, 0.3) is 5.56 Å². The van der Waals surface area contributed by atoms with E-state index in [1.165, 1.54) is 6.20 Å². The van der Waals surface area contributed by atoms with E-state index >= 15 is 0 Å². The first-order chi connectivity index (χ1) is 6.27. The zero-order chi connectivity index (χ0) is 9.26. The van der Waals surface area contributed by atoms with Crippen LogP contribution in [-0.4, -0.2) is 23.2 Å². The third-order valence-corrected chi connectivity index (χ3v) is 2.66. The molecule has 4 nitrogen and oxygen atoms in total. The summed E-state index contributed by atoms with van der Waals surface area (Å²) in [6, 6.07) is 0. The van der Waals surface area contributed by atoms with Gasteiger partial charge in [0.15, 0.2) is 0 Å². The van der Waals surface area contributed by atoms with Crippen LogP contribution in [0.1, 0.15) is 18.2 Å². The quantitative estimate of drug-likeness (QED) is 0.804. The molecule has 1 saturated heterocycles. The predicted molar refractivity (Wildman–Crippen MR) is 50.7 cm³/mol. The number of H-pyrrole nitrogens is 1. The lowest BCUT2D eigenvalue weighted by molar-refractivity contribution is 0.193. The molecule has 0 bridgehead atoms. The summed E-state index contributed by atoms with van der Waals surface area (Å²) in [6.45, 7) is 1.41. The number of halogens is 1. The molecule has 1 aliphatic heterocycles. The topological polar surface area (TPSA) is 55.0 Å². The number of hydrogen-bond donors (Lipinski definition) is 1. The number of rotatable bonds is 1. The molecular formula is C8H9BrN2O2. The summed E-state index contributed by atoms with van der Waals surface area (Å²) >= 11 is 3.10. The van der Waals surface area contributed by atoms with Gasteiger partial charge in [-0.1, -0.05) is 0 Å². The summed E-state index contributed by atoms with van der Waals surface area (Å²) in [4.78, 5) is 18.1. The monoisotopic (exact) mass is 244 g/mol. The van der Waals surface area contributed by atoms with E-state index in [9.17, 15) is 4.79 Å². The van der Waals surface area contributed by atoms with Crippen molar-refractivity contribution in [1.82, 2.24) is 9.97 Å². The minimum Gasteiger partial charge on any atom is -0.381 e. The molecule has 1 fully saturated rings. The first-order valence-electron chi connectivity index (χ1n) is 4.10. The van der Waals surface area contributed by atoms with E-state index in [1.807, 2.05) is 0 Å². The predicted octanol–water partition coefficient (Wildman–Crippen LogP) is 1.04. The molecule has 1 atom stereocenters. The summed E-state index contributed by atoms with van der Waals surface area (Å²) in [7, 11) is 0. The zero-order valence-corrected chi connectivity index (χ0v) is 8.50. The van der Waals surface area contributed by atoms with Crippen LogP contribution in [0.3, 0.4) is 0 Å². The van der Waals surface area contributed by atoms with E-state index in [0.717, 1.165) is 18.9 Å². The third kappa shape index (κ3) is 1.81. The van der Waals surface area contributed by atoms with Crippen molar-refractivity contribution in [1.29, 1.82) is 0 Å². The van der Waals surface area contributed by atoms with Crippen LogP contribution in [0.15, 0.2) is 15.5 Å². The SMILES string of the molecule is O=c1[nH]c(C2CCOC2)ncc1Br. The molecule has 5 heteroatoms. The van der Waals surface area contributed by atoms with Crippen LogP contribution >= 0.6 is 15.9 Å². The van der Waals surface area contributed by atoms with Crippen molar-refractivity contribution in [3.63, 3.8) is 0 Å². The Hall–Kier alpha value is -0.680. The molecule has 1 aromatic rings.